The number of aliphatic carboxylic acids is 1. The number of amides is 2. The number of carboxylic acid groups (broad SMARTS) is 1. The molecule has 240 valence electrons. The summed E-state index contributed by atoms with van der Waals surface area (Å²) in [5, 5.41) is 15.0. The SMILES string of the molecule is COC(=O)C1=C(CN2CCN3C(=O)N(c4ccc(OC(C)C(=O)O)cc4)C[C@@H]3C2)NC(c2nccs2)=NC1c1ccc(F)cc1Cl. The van der Waals surface area contributed by atoms with Crippen molar-refractivity contribution in [1.29, 1.82) is 0 Å². The smallest absolute Gasteiger partial charge is 0.344 e. The lowest BCUT2D eigenvalue weighted by Gasteiger charge is -2.38. The maximum atomic E-state index is 14.0. The first-order valence-corrected chi connectivity index (χ1v) is 15.7. The van der Waals surface area contributed by atoms with Crippen LogP contribution in [0.4, 0.5) is 14.9 Å². The van der Waals surface area contributed by atoms with Gasteiger partial charge in [0, 0.05) is 66.3 Å². The fraction of sp³-hybridized carbons (Fsp3) is 0.323. The molecular formula is C31H30ClFN6O6S. The number of carbonyl (C=O) groups is 3. The highest BCUT2D eigenvalue weighted by molar-refractivity contribution is 7.11. The number of rotatable bonds is 9. The highest BCUT2D eigenvalue weighted by Crippen LogP contribution is 2.37. The molecule has 0 spiro atoms. The normalized spacial score (nSPS) is 20.6. The number of carbonyl (C=O) groups excluding carboxylic acids is 2. The summed E-state index contributed by atoms with van der Waals surface area (Å²) < 4.78 is 24.6. The Bertz CT molecular complexity index is 1720. The Hall–Kier alpha value is -4.53. The molecular weight excluding hydrogens is 639 g/mol. The zero-order valence-electron chi connectivity index (χ0n) is 24.9. The molecule has 4 heterocycles. The van der Waals surface area contributed by atoms with Gasteiger partial charge in [-0.25, -0.2) is 23.8 Å². The zero-order valence-corrected chi connectivity index (χ0v) is 26.4. The van der Waals surface area contributed by atoms with Crippen LogP contribution in [0.15, 0.2) is 70.3 Å². The van der Waals surface area contributed by atoms with Gasteiger partial charge >= 0.3 is 18.0 Å². The molecule has 3 atom stereocenters. The summed E-state index contributed by atoms with van der Waals surface area (Å²) in [6.45, 7) is 3.75. The molecule has 6 rings (SSSR count). The number of anilines is 1. The number of nitrogens with zero attached hydrogens (tertiary/aromatic N) is 5. The number of fused-ring (bicyclic) bond motifs is 1. The molecule has 0 saturated carbocycles. The van der Waals surface area contributed by atoms with Crippen molar-refractivity contribution in [3.05, 3.63) is 86.7 Å². The van der Waals surface area contributed by atoms with Crippen LogP contribution in [0.5, 0.6) is 5.75 Å². The number of benzene rings is 2. The molecule has 3 aliphatic heterocycles. The fourth-order valence-electron chi connectivity index (χ4n) is 5.78. The van der Waals surface area contributed by atoms with Crippen molar-refractivity contribution in [1.82, 2.24) is 20.1 Å². The number of piperazine rings is 1. The lowest BCUT2D eigenvalue weighted by molar-refractivity contribution is -0.144. The van der Waals surface area contributed by atoms with E-state index in [0.29, 0.717) is 66.3 Å². The first-order chi connectivity index (χ1) is 22.1. The molecule has 2 amide bonds. The third-order valence-electron chi connectivity index (χ3n) is 8.05. The van der Waals surface area contributed by atoms with Gasteiger partial charge in [-0.2, -0.15) is 0 Å². The molecule has 12 nitrogen and oxygen atoms in total. The molecule has 2 unspecified atom stereocenters. The van der Waals surface area contributed by atoms with E-state index < -0.39 is 29.9 Å². The van der Waals surface area contributed by atoms with Gasteiger partial charge in [0.15, 0.2) is 16.9 Å². The standard InChI is InChI=1S/C31H30ClFN6O6S/c1-17(29(40)41)45-21-6-4-19(5-7-21)39-15-20-14-37(10-11-38(20)31(39)43)16-24-25(30(42)44-2)26(22-8-3-18(33)13-23(22)32)36-27(35-24)28-34-9-12-46-28/h3-9,12-13,17,20,26H,10-11,14-16H2,1-2H3,(H,35,36)(H,40,41)/t17?,20-,26?/m0/s1. The summed E-state index contributed by atoms with van der Waals surface area (Å²) in [6, 6.07) is 9.62. The number of aromatic nitrogens is 1. The number of thiazole rings is 1. The molecule has 0 aliphatic carbocycles. The molecule has 0 bridgehead atoms. The van der Waals surface area contributed by atoms with Gasteiger partial charge in [0.1, 0.15) is 17.6 Å². The van der Waals surface area contributed by atoms with E-state index in [0.717, 1.165) is 0 Å². The number of halogens is 2. The van der Waals surface area contributed by atoms with E-state index in [-0.39, 0.29) is 22.7 Å². The summed E-state index contributed by atoms with van der Waals surface area (Å²) in [6.07, 6.45) is 0.655. The van der Waals surface area contributed by atoms with Crippen LogP contribution in [-0.2, 0) is 14.3 Å². The summed E-state index contributed by atoms with van der Waals surface area (Å²) in [7, 11) is 1.29. The van der Waals surface area contributed by atoms with Crippen molar-refractivity contribution in [2.75, 3.05) is 44.7 Å². The Balaban J connectivity index is 1.24. The van der Waals surface area contributed by atoms with Crippen LogP contribution >= 0.6 is 22.9 Å². The molecule has 3 aliphatic rings. The van der Waals surface area contributed by atoms with Gasteiger partial charge < -0.3 is 24.8 Å². The first-order valence-electron chi connectivity index (χ1n) is 14.4. The first kappa shape index (κ1) is 31.5. The summed E-state index contributed by atoms with van der Waals surface area (Å²) in [5.74, 6) is -1.33. The van der Waals surface area contributed by atoms with Crippen LogP contribution in [0.1, 0.15) is 23.5 Å². The predicted molar refractivity (Wildman–Crippen MR) is 169 cm³/mol. The lowest BCUT2D eigenvalue weighted by Crippen LogP contribution is -2.53. The predicted octanol–water partition coefficient (Wildman–Crippen LogP) is 3.93. The van der Waals surface area contributed by atoms with Crippen LogP contribution in [0, 0.1) is 5.82 Å². The molecule has 15 heteroatoms. The summed E-state index contributed by atoms with van der Waals surface area (Å²) in [5.41, 5.74) is 1.93. The number of esters is 1. The Morgan fingerprint density at radius 1 is 1.20 bits per heavy atom. The van der Waals surface area contributed by atoms with E-state index in [1.54, 1.807) is 35.4 Å². The highest BCUT2D eigenvalue weighted by atomic mass is 35.5. The van der Waals surface area contributed by atoms with Crippen molar-refractivity contribution in [3.8, 4) is 5.75 Å². The third kappa shape index (κ3) is 6.28. The number of nitrogens with one attached hydrogen (secondary N) is 1. The maximum Gasteiger partial charge on any atom is 0.344 e. The minimum Gasteiger partial charge on any atom is -0.479 e. The van der Waals surface area contributed by atoms with Crippen molar-refractivity contribution in [3.63, 3.8) is 0 Å². The second-order valence-electron chi connectivity index (χ2n) is 11.0. The molecule has 2 N–H and O–H groups in total. The largest absolute Gasteiger partial charge is 0.479 e. The monoisotopic (exact) mass is 668 g/mol. The van der Waals surface area contributed by atoms with Crippen molar-refractivity contribution in [2.45, 2.75) is 25.1 Å². The lowest BCUT2D eigenvalue weighted by atomic mass is 9.95. The van der Waals surface area contributed by atoms with E-state index in [2.05, 4.69) is 15.2 Å². The van der Waals surface area contributed by atoms with Crippen molar-refractivity contribution in [2.24, 2.45) is 4.99 Å². The molecule has 0 radical (unpaired) electrons. The van der Waals surface area contributed by atoms with Gasteiger partial charge in [0.2, 0.25) is 0 Å². The number of urea groups is 1. The van der Waals surface area contributed by atoms with Gasteiger partial charge in [-0.15, -0.1) is 11.3 Å². The quantitative estimate of drug-likeness (QED) is 0.325. The molecule has 46 heavy (non-hydrogen) atoms. The topological polar surface area (TPSA) is 137 Å². The van der Waals surface area contributed by atoms with Gasteiger partial charge in [-0.05, 0) is 43.3 Å². The van der Waals surface area contributed by atoms with Gasteiger partial charge in [-0.3, -0.25) is 14.8 Å². The van der Waals surface area contributed by atoms with Crippen LogP contribution in [0.2, 0.25) is 5.02 Å². The van der Waals surface area contributed by atoms with Crippen molar-refractivity contribution >= 4 is 52.4 Å². The molecule has 2 aromatic carbocycles. The van der Waals surface area contributed by atoms with Gasteiger partial charge in [-0.1, -0.05) is 17.7 Å². The Morgan fingerprint density at radius 2 is 1.98 bits per heavy atom. The van der Waals surface area contributed by atoms with Crippen LogP contribution < -0.4 is 15.0 Å². The Morgan fingerprint density at radius 3 is 2.65 bits per heavy atom. The van der Waals surface area contributed by atoms with E-state index in [1.807, 2.05) is 10.3 Å². The van der Waals surface area contributed by atoms with Crippen LogP contribution in [-0.4, -0.2) is 95.7 Å². The van der Waals surface area contributed by atoms with Crippen LogP contribution in [0.3, 0.4) is 0 Å². The number of aliphatic imine (C=N–C) groups is 1. The van der Waals surface area contributed by atoms with Crippen molar-refractivity contribution < 1.29 is 33.4 Å². The van der Waals surface area contributed by atoms with Gasteiger partial charge in [0.05, 0.1) is 18.7 Å². The summed E-state index contributed by atoms with van der Waals surface area (Å²) in [4.78, 5) is 52.6. The zero-order chi connectivity index (χ0) is 32.5. The summed E-state index contributed by atoms with van der Waals surface area (Å²) >= 11 is 7.85. The van der Waals surface area contributed by atoms with E-state index in [9.17, 15) is 18.8 Å². The number of ether oxygens (including phenoxy) is 2. The van der Waals surface area contributed by atoms with E-state index in [4.69, 9.17) is 31.2 Å². The minimum absolute atomic E-state index is 0.119. The highest BCUT2D eigenvalue weighted by Gasteiger charge is 2.42. The average Bonchev–Trinajstić information content (AvgIpc) is 3.69. The van der Waals surface area contributed by atoms with E-state index in [1.165, 1.54) is 43.6 Å². The molecule has 3 aromatic rings. The fourth-order valence-corrected chi connectivity index (χ4v) is 6.64. The molecule has 2 saturated heterocycles. The van der Waals surface area contributed by atoms with Gasteiger partial charge in [0.25, 0.3) is 0 Å². The number of carboxylic acids is 1. The minimum atomic E-state index is -1.07. The average molecular weight is 669 g/mol. The number of methoxy groups -OCH3 is 1. The van der Waals surface area contributed by atoms with E-state index >= 15 is 0 Å². The molecule has 1 aromatic heterocycles. The second kappa shape index (κ2) is 13.1. The van der Waals surface area contributed by atoms with Crippen LogP contribution in [0.25, 0.3) is 0 Å². The second-order valence-corrected chi connectivity index (χ2v) is 12.3. The number of amidine groups is 1. The Kier molecular flexibility index (Phi) is 8.93. The maximum absolute atomic E-state index is 14.0. The third-order valence-corrected chi connectivity index (χ3v) is 9.16. The number of hydrogen-bond acceptors (Lipinski definition) is 10. The Labute approximate surface area is 272 Å². The molecule has 2 fully saturated rings. The number of hydrogen-bond donors (Lipinski definition) is 2.